The van der Waals surface area contributed by atoms with E-state index in [2.05, 4.69) is 18.7 Å². The van der Waals surface area contributed by atoms with Crippen molar-refractivity contribution in [3.8, 4) is 0 Å². The SMILES string of the molecule is C=Cc1c(N)ccc2ccccc12. The van der Waals surface area contributed by atoms with Crippen molar-refractivity contribution in [3.05, 3.63) is 48.5 Å². The van der Waals surface area contributed by atoms with Gasteiger partial charge in [-0.1, -0.05) is 43.0 Å². The van der Waals surface area contributed by atoms with Crippen LogP contribution in [0.1, 0.15) is 5.56 Å². The normalized spacial score (nSPS) is 10.2. The second-order valence-corrected chi connectivity index (χ2v) is 2.99. The molecular formula is C12H11N. The summed E-state index contributed by atoms with van der Waals surface area (Å²) in [7, 11) is 0. The molecule has 64 valence electrons. The Balaban J connectivity index is 2.91. The molecule has 2 aromatic rings. The number of rotatable bonds is 1. The van der Waals surface area contributed by atoms with Crippen LogP contribution in [0.5, 0.6) is 0 Å². The minimum absolute atomic E-state index is 0.786. The summed E-state index contributed by atoms with van der Waals surface area (Å²) in [5.74, 6) is 0. The standard InChI is InChI=1S/C12H11N/c1-2-10-11-6-4-3-5-9(11)7-8-12(10)13/h2-8H,1,13H2. The summed E-state index contributed by atoms with van der Waals surface area (Å²) < 4.78 is 0. The highest BCUT2D eigenvalue weighted by atomic mass is 14.6. The van der Waals surface area contributed by atoms with Crippen LogP contribution in [0.25, 0.3) is 16.8 Å². The van der Waals surface area contributed by atoms with Crippen LogP contribution in [0.3, 0.4) is 0 Å². The van der Waals surface area contributed by atoms with Crippen molar-refractivity contribution in [1.29, 1.82) is 0 Å². The molecule has 13 heavy (non-hydrogen) atoms. The zero-order valence-electron chi connectivity index (χ0n) is 7.33. The van der Waals surface area contributed by atoms with E-state index in [0.29, 0.717) is 0 Å². The Labute approximate surface area is 77.5 Å². The van der Waals surface area contributed by atoms with Gasteiger partial charge >= 0.3 is 0 Å². The van der Waals surface area contributed by atoms with E-state index < -0.39 is 0 Å². The van der Waals surface area contributed by atoms with Crippen LogP contribution in [0.2, 0.25) is 0 Å². The van der Waals surface area contributed by atoms with Gasteiger partial charge in [0.15, 0.2) is 0 Å². The summed E-state index contributed by atoms with van der Waals surface area (Å²) in [6.07, 6.45) is 1.80. The molecule has 1 nitrogen and oxygen atoms in total. The first-order valence-electron chi connectivity index (χ1n) is 4.22. The van der Waals surface area contributed by atoms with Crippen LogP contribution >= 0.6 is 0 Å². The molecule has 1 heteroatoms. The lowest BCUT2D eigenvalue weighted by Crippen LogP contribution is -1.89. The Hall–Kier alpha value is -1.76. The zero-order valence-corrected chi connectivity index (χ0v) is 7.33. The van der Waals surface area contributed by atoms with E-state index in [9.17, 15) is 0 Å². The zero-order chi connectivity index (χ0) is 9.26. The van der Waals surface area contributed by atoms with Crippen molar-refractivity contribution in [2.24, 2.45) is 0 Å². The van der Waals surface area contributed by atoms with Crippen molar-refractivity contribution in [1.82, 2.24) is 0 Å². The molecule has 2 N–H and O–H groups in total. The molecule has 0 fully saturated rings. The fraction of sp³-hybridized carbons (Fsp3) is 0. The van der Waals surface area contributed by atoms with Gasteiger partial charge in [-0.25, -0.2) is 0 Å². The molecule has 0 saturated carbocycles. The first kappa shape index (κ1) is 7.87. The molecule has 0 spiro atoms. The quantitative estimate of drug-likeness (QED) is 0.652. The van der Waals surface area contributed by atoms with Gasteiger partial charge in [0.2, 0.25) is 0 Å². The predicted molar refractivity (Wildman–Crippen MR) is 58.5 cm³/mol. The van der Waals surface area contributed by atoms with Crippen molar-refractivity contribution in [2.75, 3.05) is 5.73 Å². The van der Waals surface area contributed by atoms with E-state index in [4.69, 9.17) is 5.73 Å². The molecule has 0 aliphatic carbocycles. The molecule has 0 amide bonds. The maximum atomic E-state index is 5.83. The second-order valence-electron chi connectivity index (χ2n) is 2.99. The van der Waals surface area contributed by atoms with Gasteiger partial charge in [-0.2, -0.15) is 0 Å². The Morgan fingerprint density at radius 2 is 1.85 bits per heavy atom. The minimum Gasteiger partial charge on any atom is -0.398 e. The van der Waals surface area contributed by atoms with E-state index >= 15 is 0 Å². The van der Waals surface area contributed by atoms with Gasteiger partial charge < -0.3 is 5.73 Å². The molecule has 2 aromatic carbocycles. The van der Waals surface area contributed by atoms with Gasteiger partial charge in [-0.15, -0.1) is 0 Å². The Kier molecular flexibility index (Phi) is 1.78. The number of anilines is 1. The summed E-state index contributed by atoms with van der Waals surface area (Å²) in [5.41, 5.74) is 7.64. The number of nitrogens with two attached hydrogens (primary N) is 1. The largest absolute Gasteiger partial charge is 0.398 e. The number of benzene rings is 2. The predicted octanol–water partition coefficient (Wildman–Crippen LogP) is 3.07. The first-order valence-corrected chi connectivity index (χ1v) is 4.22. The van der Waals surface area contributed by atoms with Crippen LogP contribution in [0.4, 0.5) is 5.69 Å². The van der Waals surface area contributed by atoms with Gasteiger partial charge in [0.1, 0.15) is 0 Å². The fourth-order valence-corrected chi connectivity index (χ4v) is 1.54. The molecule has 0 bridgehead atoms. The summed E-state index contributed by atoms with van der Waals surface area (Å²) in [6.45, 7) is 3.76. The summed E-state index contributed by atoms with van der Waals surface area (Å²) >= 11 is 0. The number of hydrogen-bond acceptors (Lipinski definition) is 1. The second kappa shape index (κ2) is 2.94. The third-order valence-electron chi connectivity index (χ3n) is 2.21. The van der Waals surface area contributed by atoms with E-state index in [-0.39, 0.29) is 0 Å². The van der Waals surface area contributed by atoms with Crippen LogP contribution in [0, 0.1) is 0 Å². The van der Waals surface area contributed by atoms with Crippen LogP contribution in [-0.4, -0.2) is 0 Å². The number of nitrogen functional groups attached to an aromatic ring is 1. The molecule has 0 unspecified atom stereocenters. The molecular weight excluding hydrogens is 158 g/mol. The van der Waals surface area contributed by atoms with E-state index in [1.807, 2.05) is 24.3 Å². The molecule has 0 aromatic heterocycles. The van der Waals surface area contributed by atoms with Crippen molar-refractivity contribution < 1.29 is 0 Å². The third kappa shape index (κ3) is 1.18. The lowest BCUT2D eigenvalue weighted by atomic mass is 10.0. The molecule has 0 aliphatic rings. The molecule has 0 heterocycles. The number of hydrogen-bond donors (Lipinski definition) is 1. The van der Waals surface area contributed by atoms with Crippen molar-refractivity contribution in [2.45, 2.75) is 0 Å². The average Bonchev–Trinajstić information content (AvgIpc) is 2.18. The smallest absolute Gasteiger partial charge is 0.0393 e. The topological polar surface area (TPSA) is 26.0 Å². The van der Waals surface area contributed by atoms with Gasteiger partial charge in [-0.3, -0.25) is 0 Å². The highest BCUT2D eigenvalue weighted by molar-refractivity contribution is 5.94. The highest BCUT2D eigenvalue weighted by Crippen LogP contribution is 2.24. The van der Waals surface area contributed by atoms with E-state index in [1.54, 1.807) is 6.08 Å². The van der Waals surface area contributed by atoms with Crippen molar-refractivity contribution in [3.63, 3.8) is 0 Å². The van der Waals surface area contributed by atoms with Crippen LogP contribution < -0.4 is 5.73 Å². The maximum absolute atomic E-state index is 5.83. The third-order valence-corrected chi connectivity index (χ3v) is 2.21. The molecule has 2 rings (SSSR count). The summed E-state index contributed by atoms with van der Waals surface area (Å²) in [5, 5.41) is 2.36. The molecule has 0 radical (unpaired) electrons. The highest BCUT2D eigenvalue weighted by Gasteiger charge is 1.99. The van der Waals surface area contributed by atoms with Gasteiger partial charge in [0.05, 0.1) is 0 Å². The monoisotopic (exact) mass is 169 g/mol. The molecule has 0 aliphatic heterocycles. The first-order chi connectivity index (χ1) is 6.33. The van der Waals surface area contributed by atoms with E-state index in [1.165, 1.54) is 5.39 Å². The molecule has 0 saturated heterocycles. The van der Waals surface area contributed by atoms with Gasteiger partial charge in [0, 0.05) is 11.3 Å². The Bertz CT molecular complexity index is 458. The lowest BCUT2D eigenvalue weighted by molar-refractivity contribution is 1.69. The average molecular weight is 169 g/mol. The van der Waals surface area contributed by atoms with E-state index in [0.717, 1.165) is 16.6 Å². The Morgan fingerprint density at radius 1 is 1.08 bits per heavy atom. The Morgan fingerprint density at radius 3 is 2.62 bits per heavy atom. The van der Waals surface area contributed by atoms with Crippen molar-refractivity contribution >= 4 is 22.5 Å². The van der Waals surface area contributed by atoms with Gasteiger partial charge in [-0.05, 0) is 16.8 Å². The summed E-state index contributed by atoms with van der Waals surface area (Å²) in [6, 6.07) is 12.1. The lowest BCUT2D eigenvalue weighted by Gasteiger charge is -2.04. The van der Waals surface area contributed by atoms with Crippen LogP contribution in [0.15, 0.2) is 43.0 Å². The van der Waals surface area contributed by atoms with Gasteiger partial charge in [0.25, 0.3) is 0 Å². The fourth-order valence-electron chi connectivity index (χ4n) is 1.54. The maximum Gasteiger partial charge on any atom is 0.0393 e. The summed E-state index contributed by atoms with van der Waals surface area (Å²) in [4.78, 5) is 0. The minimum atomic E-state index is 0.786. The van der Waals surface area contributed by atoms with Crippen LogP contribution in [-0.2, 0) is 0 Å². The molecule has 0 atom stereocenters. The number of fused-ring (bicyclic) bond motifs is 1.